The molecule has 2 aliphatic heterocycles. The third-order valence-electron chi connectivity index (χ3n) is 4.84. The third-order valence-corrected chi connectivity index (χ3v) is 4.84. The molecule has 5 heteroatoms. The highest BCUT2D eigenvalue weighted by Crippen LogP contribution is 2.50. The number of methoxy groups -OCH3 is 1. The molecule has 2 heterocycles. The van der Waals surface area contributed by atoms with E-state index >= 15 is 0 Å². The maximum atomic E-state index is 12.5. The maximum Gasteiger partial charge on any atom is 0.338 e. The average molecular weight is 304 g/mol. The first-order valence-corrected chi connectivity index (χ1v) is 7.54. The summed E-state index contributed by atoms with van der Waals surface area (Å²) in [6.45, 7) is 0.499. The number of esters is 2. The lowest BCUT2D eigenvalue weighted by molar-refractivity contribution is -0.219. The van der Waals surface area contributed by atoms with Crippen LogP contribution in [0.2, 0.25) is 0 Å². The minimum atomic E-state index is -0.851. The molecule has 0 N–H and O–H groups in total. The molecule has 2 bridgehead atoms. The summed E-state index contributed by atoms with van der Waals surface area (Å²) < 4.78 is 16.0. The molecular formula is C17H20O5. The van der Waals surface area contributed by atoms with E-state index in [2.05, 4.69) is 0 Å². The number of carbonyl (C=O) groups is 2. The Labute approximate surface area is 129 Å². The van der Waals surface area contributed by atoms with Crippen LogP contribution in [-0.2, 0) is 30.4 Å². The largest absolute Gasteiger partial charge is 0.467 e. The Morgan fingerprint density at radius 1 is 1.09 bits per heavy atom. The predicted octanol–water partition coefficient (Wildman–Crippen LogP) is 2.23. The fourth-order valence-corrected chi connectivity index (χ4v) is 3.29. The summed E-state index contributed by atoms with van der Waals surface area (Å²) in [6.07, 6.45) is 2.24. The molecule has 5 nitrogen and oxygen atoms in total. The quantitative estimate of drug-likeness (QED) is 0.798. The first kappa shape index (κ1) is 15.0. The lowest BCUT2D eigenvalue weighted by Crippen LogP contribution is -2.58. The number of ether oxygens (including phenoxy) is 3. The van der Waals surface area contributed by atoms with Gasteiger partial charge in [0, 0.05) is 0 Å². The Balaban J connectivity index is 1.62. The summed E-state index contributed by atoms with van der Waals surface area (Å²) >= 11 is 0. The van der Waals surface area contributed by atoms with E-state index in [9.17, 15) is 9.59 Å². The van der Waals surface area contributed by atoms with Crippen molar-refractivity contribution in [2.45, 2.75) is 37.9 Å². The summed E-state index contributed by atoms with van der Waals surface area (Å²) in [5.74, 6) is -0.562. The highest BCUT2D eigenvalue weighted by molar-refractivity contribution is 5.83. The van der Waals surface area contributed by atoms with Gasteiger partial charge in [0.1, 0.15) is 6.61 Å². The van der Waals surface area contributed by atoms with Crippen LogP contribution in [0.5, 0.6) is 0 Å². The Morgan fingerprint density at radius 3 is 2.32 bits per heavy atom. The van der Waals surface area contributed by atoms with Gasteiger partial charge in [0.15, 0.2) is 5.60 Å². The smallest absolute Gasteiger partial charge is 0.338 e. The maximum absolute atomic E-state index is 12.5. The van der Waals surface area contributed by atoms with E-state index in [-0.39, 0.29) is 25.2 Å². The SMILES string of the molecule is COC(=O)C12CCC(C(=O)OCc3ccccc3)(CC1)CO2. The van der Waals surface area contributed by atoms with Gasteiger partial charge in [-0.3, -0.25) is 4.79 Å². The minimum Gasteiger partial charge on any atom is -0.467 e. The van der Waals surface area contributed by atoms with Gasteiger partial charge in [-0.05, 0) is 31.2 Å². The standard InChI is InChI=1S/C17H20O5/c1-20-15(19)17-9-7-16(8-10-17,12-22-17)14(18)21-11-13-5-3-2-4-6-13/h2-6H,7-12H2,1H3. The Kier molecular flexibility index (Phi) is 3.91. The number of hydrogen-bond donors (Lipinski definition) is 0. The van der Waals surface area contributed by atoms with Crippen molar-refractivity contribution in [3.8, 4) is 0 Å². The molecule has 2 saturated heterocycles. The summed E-state index contributed by atoms with van der Waals surface area (Å²) in [6, 6.07) is 9.59. The Bertz CT molecular complexity index is 541. The second-order valence-electron chi connectivity index (χ2n) is 6.12. The van der Waals surface area contributed by atoms with Crippen LogP contribution in [0, 0.1) is 5.41 Å². The molecule has 1 aromatic rings. The fourth-order valence-electron chi connectivity index (χ4n) is 3.29. The molecule has 118 valence electrons. The molecule has 0 atom stereocenters. The summed E-state index contributed by atoms with van der Waals surface area (Å²) in [7, 11) is 1.37. The third kappa shape index (κ3) is 2.50. The first-order valence-electron chi connectivity index (χ1n) is 7.54. The molecule has 22 heavy (non-hydrogen) atoms. The predicted molar refractivity (Wildman–Crippen MR) is 77.8 cm³/mol. The van der Waals surface area contributed by atoms with E-state index in [4.69, 9.17) is 14.2 Å². The molecule has 1 saturated carbocycles. The van der Waals surface area contributed by atoms with Gasteiger partial charge in [-0.15, -0.1) is 0 Å². The zero-order chi connectivity index (χ0) is 15.6. The topological polar surface area (TPSA) is 61.8 Å². The highest BCUT2D eigenvalue weighted by atomic mass is 16.6. The van der Waals surface area contributed by atoms with Gasteiger partial charge < -0.3 is 14.2 Å². The Morgan fingerprint density at radius 2 is 1.77 bits per heavy atom. The van der Waals surface area contributed by atoms with E-state index in [1.54, 1.807) is 0 Å². The number of carbonyl (C=O) groups excluding carboxylic acids is 2. The molecular weight excluding hydrogens is 284 g/mol. The van der Waals surface area contributed by atoms with E-state index in [0.29, 0.717) is 25.7 Å². The van der Waals surface area contributed by atoms with Crippen molar-refractivity contribution < 1.29 is 23.8 Å². The zero-order valence-corrected chi connectivity index (χ0v) is 12.7. The lowest BCUT2D eigenvalue weighted by atomic mass is 9.66. The van der Waals surface area contributed by atoms with Gasteiger partial charge in [-0.1, -0.05) is 30.3 Å². The summed E-state index contributed by atoms with van der Waals surface area (Å²) in [4.78, 5) is 24.3. The normalized spacial score (nSPS) is 29.9. The van der Waals surface area contributed by atoms with Crippen LogP contribution in [0.4, 0.5) is 0 Å². The Hall–Kier alpha value is -1.88. The van der Waals surface area contributed by atoms with E-state index < -0.39 is 11.0 Å². The van der Waals surface area contributed by atoms with E-state index in [1.165, 1.54) is 7.11 Å². The molecule has 0 aromatic heterocycles. The van der Waals surface area contributed by atoms with Crippen LogP contribution in [-0.4, -0.2) is 31.3 Å². The van der Waals surface area contributed by atoms with Gasteiger partial charge in [-0.2, -0.15) is 0 Å². The van der Waals surface area contributed by atoms with Crippen molar-refractivity contribution in [3.63, 3.8) is 0 Å². The van der Waals surface area contributed by atoms with Crippen molar-refractivity contribution in [1.29, 1.82) is 0 Å². The monoisotopic (exact) mass is 304 g/mol. The van der Waals surface area contributed by atoms with Gasteiger partial charge in [0.05, 0.1) is 19.1 Å². The van der Waals surface area contributed by atoms with Gasteiger partial charge in [-0.25, -0.2) is 4.79 Å². The van der Waals surface area contributed by atoms with Gasteiger partial charge in [0.25, 0.3) is 0 Å². The molecule has 0 radical (unpaired) electrons. The number of benzene rings is 1. The molecule has 3 aliphatic rings. The van der Waals surface area contributed by atoms with E-state index in [0.717, 1.165) is 5.56 Å². The molecule has 1 aromatic carbocycles. The molecule has 0 amide bonds. The second kappa shape index (κ2) is 5.72. The van der Waals surface area contributed by atoms with Crippen molar-refractivity contribution in [1.82, 2.24) is 0 Å². The average Bonchev–Trinajstić information content (AvgIpc) is 2.61. The van der Waals surface area contributed by atoms with Crippen LogP contribution in [0.1, 0.15) is 31.2 Å². The first-order chi connectivity index (χ1) is 10.6. The highest BCUT2D eigenvalue weighted by Gasteiger charge is 2.58. The van der Waals surface area contributed by atoms with Crippen LogP contribution < -0.4 is 0 Å². The van der Waals surface area contributed by atoms with Crippen molar-refractivity contribution in [3.05, 3.63) is 35.9 Å². The fraction of sp³-hybridized carbons (Fsp3) is 0.529. The van der Waals surface area contributed by atoms with Crippen LogP contribution in [0.15, 0.2) is 30.3 Å². The summed E-state index contributed by atoms with van der Waals surface area (Å²) in [5, 5.41) is 0. The lowest BCUT2D eigenvalue weighted by Gasteiger charge is -2.49. The number of hydrogen-bond acceptors (Lipinski definition) is 5. The molecule has 1 aliphatic carbocycles. The minimum absolute atomic E-state index is 0.227. The molecule has 3 fully saturated rings. The zero-order valence-electron chi connectivity index (χ0n) is 12.7. The van der Waals surface area contributed by atoms with Crippen molar-refractivity contribution >= 4 is 11.9 Å². The van der Waals surface area contributed by atoms with Crippen LogP contribution in [0.3, 0.4) is 0 Å². The summed E-state index contributed by atoms with van der Waals surface area (Å²) in [5.41, 5.74) is -0.496. The van der Waals surface area contributed by atoms with Gasteiger partial charge >= 0.3 is 11.9 Å². The molecule has 0 spiro atoms. The van der Waals surface area contributed by atoms with Crippen molar-refractivity contribution in [2.24, 2.45) is 5.41 Å². The van der Waals surface area contributed by atoms with Crippen molar-refractivity contribution in [2.75, 3.05) is 13.7 Å². The van der Waals surface area contributed by atoms with E-state index in [1.807, 2.05) is 30.3 Å². The van der Waals surface area contributed by atoms with Crippen LogP contribution >= 0.6 is 0 Å². The second-order valence-corrected chi connectivity index (χ2v) is 6.12. The number of rotatable bonds is 4. The van der Waals surface area contributed by atoms with Gasteiger partial charge in [0.2, 0.25) is 0 Å². The molecule has 4 rings (SSSR count). The number of fused-ring (bicyclic) bond motifs is 3. The van der Waals surface area contributed by atoms with Crippen LogP contribution in [0.25, 0.3) is 0 Å². The molecule has 0 unspecified atom stereocenters.